The van der Waals surface area contributed by atoms with Crippen LogP contribution in [0.1, 0.15) is 23.7 Å². The second kappa shape index (κ2) is 7.71. The molecule has 1 aromatic heterocycles. The summed E-state index contributed by atoms with van der Waals surface area (Å²) in [6.45, 7) is 4.04. The highest BCUT2D eigenvalue weighted by Crippen LogP contribution is 2.20. The van der Waals surface area contributed by atoms with Gasteiger partial charge in [0.05, 0.1) is 24.0 Å². The van der Waals surface area contributed by atoms with Crippen molar-refractivity contribution in [3.63, 3.8) is 0 Å². The Labute approximate surface area is 148 Å². The van der Waals surface area contributed by atoms with Crippen molar-refractivity contribution in [1.82, 2.24) is 9.97 Å². The largest absolute Gasteiger partial charge is 0.309 e. The number of aryl methyl sites for hydroxylation is 2. The molecule has 0 aliphatic carbocycles. The summed E-state index contributed by atoms with van der Waals surface area (Å²) in [5.41, 5.74) is 4.78. The van der Waals surface area contributed by atoms with Crippen molar-refractivity contribution in [2.45, 2.75) is 26.7 Å². The number of nitrogens with one attached hydrogen (secondary N) is 1. The maximum absolute atomic E-state index is 12.3. The SMILES string of the molecule is CCc1nc(-c2ccccc2)cnc1NC(=O)Cc1ccc(C)cc1. The first-order valence-corrected chi connectivity index (χ1v) is 8.42. The summed E-state index contributed by atoms with van der Waals surface area (Å²) in [5, 5.41) is 2.89. The Morgan fingerprint density at radius 2 is 1.76 bits per heavy atom. The molecular weight excluding hydrogens is 310 g/mol. The number of benzene rings is 2. The summed E-state index contributed by atoms with van der Waals surface area (Å²) >= 11 is 0. The van der Waals surface area contributed by atoms with Crippen LogP contribution in [0.25, 0.3) is 11.3 Å². The molecule has 0 saturated carbocycles. The fourth-order valence-corrected chi connectivity index (χ4v) is 2.59. The Kier molecular flexibility index (Phi) is 5.19. The Bertz CT molecular complexity index is 858. The van der Waals surface area contributed by atoms with Gasteiger partial charge in [0.2, 0.25) is 5.91 Å². The molecular formula is C21H21N3O. The first-order valence-electron chi connectivity index (χ1n) is 8.42. The zero-order valence-corrected chi connectivity index (χ0v) is 14.5. The summed E-state index contributed by atoms with van der Waals surface area (Å²) in [5.74, 6) is 0.458. The highest BCUT2D eigenvalue weighted by Gasteiger charge is 2.11. The van der Waals surface area contributed by atoms with E-state index in [2.05, 4.69) is 15.3 Å². The number of carbonyl (C=O) groups is 1. The lowest BCUT2D eigenvalue weighted by Gasteiger charge is -2.10. The molecule has 4 nitrogen and oxygen atoms in total. The van der Waals surface area contributed by atoms with Crippen molar-refractivity contribution < 1.29 is 4.79 Å². The topological polar surface area (TPSA) is 54.9 Å². The van der Waals surface area contributed by atoms with Gasteiger partial charge in [-0.25, -0.2) is 9.97 Å². The average molecular weight is 331 g/mol. The normalized spacial score (nSPS) is 10.5. The highest BCUT2D eigenvalue weighted by atomic mass is 16.1. The molecule has 25 heavy (non-hydrogen) atoms. The second-order valence-electron chi connectivity index (χ2n) is 5.98. The van der Waals surface area contributed by atoms with E-state index in [9.17, 15) is 4.79 Å². The average Bonchev–Trinajstić information content (AvgIpc) is 2.64. The van der Waals surface area contributed by atoms with Crippen molar-refractivity contribution >= 4 is 11.7 Å². The van der Waals surface area contributed by atoms with Crippen LogP contribution in [-0.4, -0.2) is 15.9 Å². The summed E-state index contributed by atoms with van der Waals surface area (Å²) in [4.78, 5) is 21.4. The number of hydrogen-bond acceptors (Lipinski definition) is 3. The van der Waals surface area contributed by atoms with Gasteiger partial charge in [0.1, 0.15) is 0 Å². The first kappa shape index (κ1) is 16.8. The Morgan fingerprint density at radius 1 is 1.04 bits per heavy atom. The van der Waals surface area contributed by atoms with Crippen molar-refractivity contribution in [3.05, 3.63) is 77.6 Å². The van der Waals surface area contributed by atoms with Gasteiger partial charge in [-0.3, -0.25) is 4.79 Å². The maximum Gasteiger partial charge on any atom is 0.229 e. The zero-order valence-electron chi connectivity index (χ0n) is 14.5. The van der Waals surface area contributed by atoms with Gasteiger partial charge >= 0.3 is 0 Å². The molecule has 2 aromatic carbocycles. The number of rotatable bonds is 5. The third-order valence-electron chi connectivity index (χ3n) is 3.99. The molecule has 1 amide bonds. The molecule has 0 radical (unpaired) electrons. The van der Waals surface area contributed by atoms with Gasteiger partial charge in [-0.15, -0.1) is 0 Å². The standard InChI is InChI=1S/C21H21N3O/c1-3-18-21(22-14-19(23-18)17-7-5-4-6-8-17)24-20(25)13-16-11-9-15(2)10-12-16/h4-12,14H,3,13H2,1-2H3,(H,22,24,25). The fraction of sp³-hybridized carbons (Fsp3) is 0.190. The third kappa shape index (κ3) is 4.29. The number of hydrogen-bond donors (Lipinski definition) is 1. The second-order valence-corrected chi connectivity index (χ2v) is 5.98. The van der Waals surface area contributed by atoms with Crippen LogP contribution < -0.4 is 5.32 Å². The molecule has 0 atom stereocenters. The number of aromatic nitrogens is 2. The van der Waals surface area contributed by atoms with Crippen molar-refractivity contribution in [2.24, 2.45) is 0 Å². The molecule has 4 heteroatoms. The van der Waals surface area contributed by atoms with Crippen LogP contribution in [0.5, 0.6) is 0 Å². The predicted octanol–water partition coefficient (Wildman–Crippen LogP) is 4.20. The van der Waals surface area contributed by atoms with Crippen LogP contribution >= 0.6 is 0 Å². The lowest BCUT2D eigenvalue weighted by molar-refractivity contribution is -0.115. The molecule has 0 aliphatic rings. The first-order chi connectivity index (χ1) is 12.2. The lowest BCUT2D eigenvalue weighted by Crippen LogP contribution is -2.17. The number of nitrogens with zero attached hydrogens (tertiary/aromatic N) is 2. The molecule has 0 spiro atoms. The molecule has 3 aromatic rings. The molecule has 126 valence electrons. The van der Waals surface area contributed by atoms with E-state index in [4.69, 9.17) is 0 Å². The molecule has 0 bridgehead atoms. The third-order valence-corrected chi connectivity index (χ3v) is 3.99. The van der Waals surface area contributed by atoms with Crippen LogP contribution in [0.4, 0.5) is 5.82 Å². The van der Waals surface area contributed by atoms with E-state index in [0.29, 0.717) is 18.7 Å². The monoisotopic (exact) mass is 331 g/mol. The Balaban J connectivity index is 1.75. The van der Waals surface area contributed by atoms with E-state index in [1.165, 1.54) is 5.56 Å². The van der Waals surface area contributed by atoms with E-state index in [1.807, 2.05) is 68.4 Å². The van der Waals surface area contributed by atoms with Crippen molar-refractivity contribution in [3.8, 4) is 11.3 Å². The van der Waals surface area contributed by atoms with Crippen LogP contribution in [0.3, 0.4) is 0 Å². The molecule has 0 unspecified atom stereocenters. The van der Waals surface area contributed by atoms with Gasteiger partial charge in [0.25, 0.3) is 0 Å². The summed E-state index contributed by atoms with van der Waals surface area (Å²) < 4.78 is 0. The van der Waals surface area contributed by atoms with Crippen LogP contribution in [-0.2, 0) is 17.6 Å². The Morgan fingerprint density at radius 3 is 2.44 bits per heavy atom. The fourth-order valence-electron chi connectivity index (χ4n) is 2.59. The molecule has 0 saturated heterocycles. The minimum atomic E-state index is -0.0830. The van der Waals surface area contributed by atoms with Gasteiger partial charge < -0.3 is 5.32 Å². The minimum Gasteiger partial charge on any atom is -0.309 e. The van der Waals surface area contributed by atoms with E-state index in [-0.39, 0.29) is 5.91 Å². The molecule has 0 aliphatic heterocycles. The van der Waals surface area contributed by atoms with Gasteiger partial charge in [0, 0.05) is 5.56 Å². The molecule has 0 fully saturated rings. The number of carbonyl (C=O) groups excluding carboxylic acids is 1. The van der Waals surface area contributed by atoms with Crippen molar-refractivity contribution in [1.29, 1.82) is 0 Å². The molecule has 3 rings (SSSR count). The van der Waals surface area contributed by atoms with E-state index < -0.39 is 0 Å². The van der Waals surface area contributed by atoms with Gasteiger partial charge in [-0.2, -0.15) is 0 Å². The van der Waals surface area contributed by atoms with Crippen molar-refractivity contribution in [2.75, 3.05) is 5.32 Å². The number of amides is 1. The highest BCUT2D eigenvalue weighted by molar-refractivity contribution is 5.91. The van der Waals surface area contributed by atoms with Gasteiger partial charge in [0.15, 0.2) is 5.82 Å². The van der Waals surface area contributed by atoms with Gasteiger partial charge in [-0.1, -0.05) is 67.1 Å². The minimum absolute atomic E-state index is 0.0830. The summed E-state index contributed by atoms with van der Waals surface area (Å²) in [7, 11) is 0. The summed E-state index contributed by atoms with van der Waals surface area (Å²) in [6, 6.07) is 17.9. The summed E-state index contributed by atoms with van der Waals surface area (Å²) in [6.07, 6.45) is 2.73. The van der Waals surface area contributed by atoms with E-state index >= 15 is 0 Å². The Hall–Kier alpha value is -3.01. The zero-order chi connectivity index (χ0) is 17.6. The smallest absolute Gasteiger partial charge is 0.229 e. The van der Waals surface area contributed by atoms with Crippen LogP contribution in [0, 0.1) is 6.92 Å². The van der Waals surface area contributed by atoms with E-state index in [1.54, 1.807) is 6.20 Å². The molecule has 1 heterocycles. The van der Waals surface area contributed by atoms with Crippen LogP contribution in [0.2, 0.25) is 0 Å². The quantitative estimate of drug-likeness (QED) is 0.762. The lowest BCUT2D eigenvalue weighted by atomic mass is 10.1. The number of anilines is 1. The maximum atomic E-state index is 12.3. The van der Waals surface area contributed by atoms with Crippen LogP contribution in [0.15, 0.2) is 60.8 Å². The van der Waals surface area contributed by atoms with E-state index in [0.717, 1.165) is 22.5 Å². The molecule has 1 N–H and O–H groups in total. The van der Waals surface area contributed by atoms with Gasteiger partial charge in [-0.05, 0) is 18.9 Å². The predicted molar refractivity (Wildman–Crippen MR) is 100 cm³/mol.